The van der Waals surface area contributed by atoms with Gasteiger partial charge in [0.05, 0.1) is 0 Å². The number of rotatable bonds is 5. The normalized spacial score (nSPS) is 12.3. The van der Waals surface area contributed by atoms with E-state index in [1.807, 2.05) is 48.5 Å². The van der Waals surface area contributed by atoms with Crippen molar-refractivity contribution in [1.82, 2.24) is 14.9 Å². The van der Waals surface area contributed by atoms with E-state index in [4.69, 9.17) is 9.47 Å². The molecular formula is C21H20N4O3. The maximum absolute atomic E-state index is 12.7. The third kappa shape index (κ3) is 4.03. The van der Waals surface area contributed by atoms with Crippen LogP contribution in [0.1, 0.15) is 16.1 Å². The SMILES string of the molecule is CN(Cc1ccccc1)C(=O)c1ccnc(Nc2ccc3c(c2)OCCO3)n1. The fourth-order valence-corrected chi connectivity index (χ4v) is 2.91. The zero-order valence-corrected chi connectivity index (χ0v) is 15.5. The quantitative estimate of drug-likeness (QED) is 0.737. The molecule has 2 heterocycles. The van der Waals surface area contributed by atoms with Crippen molar-refractivity contribution in [1.29, 1.82) is 0 Å². The molecule has 1 amide bonds. The molecule has 1 aromatic heterocycles. The lowest BCUT2D eigenvalue weighted by Gasteiger charge is -2.19. The number of hydrogen-bond acceptors (Lipinski definition) is 6. The lowest BCUT2D eigenvalue weighted by Crippen LogP contribution is -2.27. The molecule has 28 heavy (non-hydrogen) atoms. The number of amides is 1. The number of ether oxygens (including phenoxy) is 2. The van der Waals surface area contributed by atoms with Crippen LogP contribution in [0.4, 0.5) is 11.6 Å². The number of fused-ring (bicyclic) bond motifs is 1. The predicted octanol–water partition coefficient (Wildman–Crippen LogP) is 3.26. The van der Waals surface area contributed by atoms with E-state index in [9.17, 15) is 4.79 Å². The van der Waals surface area contributed by atoms with Crippen LogP contribution in [0.2, 0.25) is 0 Å². The molecule has 1 aliphatic rings. The molecule has 142 valence electrons. The second-order valence-electron chi connectivity index (χ2n) is 6.40. The molecule has 0 aliphatic carbocycles. The predicted molar refractivity (Wildman–Crippen MR) is 105 cm³/mol. The molecule has 7 nitrogen and oxygen atoms in total. The Bertz CT molecular complexity index is 978. The highest BCUT2D eigenvalue weighted by Crippen LogP contribution is 2.33. The van der Waals surface area contributed by atoms with E-state index in [2.05, 4.69) is 15.3 Å². The summed E-state index contributed by atoms with van der Waals surface area (Å²) in [6.07, 6.45) is 1.57. The van der Waals surface area contributed by atoms with E-state index in [-0.39, 0.29) is 5.91 Å². The van der Waals surface area contributed by atoms with Crippen LogP contribution in [0.15, 0.2) is 60.8 Å². The van der Waals surface area contributed by atoms with Gasteiger partial charge in [0, 0.05) is 31.5 Å². The third-order valence-electron chi connectivity index (χ3n) is 4.28. The number of hydrogen-bond donors (Lipinski definition) is 1. The summed E-state index contributed by atoms with van der Waals surface area (Å²) in [6, 6.07) is 16.9. The van der Waals surface area contributed by atoms with Gasteiger partial charge < -0.3 is 19.7 Å². The second kappa shape index (κ2) is 7.96. The molecule has 0 unspecified atom stereocenters. The van der Waals surface area contributed by atoms with E-state index < -0.39 is 0 Å². The van der Waals surface area contributed by atoms with E-state index in [0.29, 0.717) is 42.9 Å². The van der Waals surface area contributed by atoms with Crippen LogP contribution in [0.3, 0.4) is 0 Å². The van der Waals surface area contributed by atoms with Gasteiger partial charge in [-0.3, -0.25) is 4.79 Å². The van der Waals surface area contributed by atoms with Crippen LogP contribution in [0.25, 0.3) is 0 Å². The number of carbonyl (C=O) groups is 1. The molecule has 2 aromatic carbocycles. The number of carbonyl (C=O) groups excluding carboxylic acids is 1. The lowest BCUT2D eigenvalue weighted by molar-refractivity contribution is 0.0779. The van der Waals surface area contributed by atoms with Crippen molar-refractivity contribution in [2.24, 2.45) is 0 Å². The highest BCUT2D eigenvalue weighted by molar-refractivity contribution is 5.92. The molecule has 0 radical (unpaired) electrons. The van der Waals surface area contributed by atoms with Gasteiger partial charge in [0.15, 0.2) is 11.5 Å². The Morgan fingerprint density at radius 1 is 1.07 bits per heavy atom. The summed E-state index contributed by atoms with van der Waals surface area (Å²) in [7, 11) is 1.76. The smallest absolute Gasteiger partial charge is 0.272 e. The molecular weight excluding hydrogens is 356 g/mol. The summed E-state index contributed by atoms with van der Waals surface area (Å²) in [4.78, 5) is 22.9. The van der Waals surface area contributed by atoms with Gasteiger partial charge >= 0.3 is 0 Å². The van der Waals surface area contributed by atoms with E-state index in [1.54, 1.807) is 24.2 Å². The largest absolute Gasteiger partial charge is 0.486 e. The maximum atomic E-state index is 12.7. The van der Waals surface area contributed by atoms with Gasteiger partial charge in [-0.2, -0.15) is 0 Å². The first-order chi connectivity index (χ1) is 13.7. The van der Waals surface area contributed by atoms with Crippen molar-refractivity contribution in [3.63, 3.8) is 0 Å². The van der Waals surface area contributed by atoms with E-state index in [0.717, 1.165) is 11.3 Å². The molecule has 3 aromatic rings. The maximum Gasteiger partial charge on any atom is 0.272 e. The minimum Gasteiger partial charge on any atom is -0.486 e. The molecule has 7 heteroatoms. The molecule has 1 N–H and O–H groups in total. The summed E-state index contributed by atoms with van der Waals surface area (Å²) in [6.45, 7) is 1.57. The van der Waals surface area contributed by atoms with Gasteiger partial charge in [-0.25, -0.2) is 9.97 Å². The Labute approximate surface area is 163 Å². The highest BCUT2D eigenvalue weighted by atomic mass is 16.6. The first-order valence-electron chi connectivity index (χ1n) is 8.98. The lowest BCUT2D eigenvalue weighted by atomic mass is 10.2. The van der Waals surface area contributed by atoms with Crippen LogP contribution >= 0.6 is 0 Å². The van der Waals surface area contributed by atoms with Crippen molar-refractivity contribution in [2.75, 3.05) is 25.6 Å². The van der Waals surface area contributed by atoms with E-state index in [1.165, 1.54) is 0 Å². The van der Waals surface area contributed by atoms with Gasteiger partial charge in [0.1, 0.15) is 18.9 Å². The summed E-state index contributed by atoms with van der Waals surface area (Å²) < 4.78 is 11.1. The fourth-order valence-electron chi connectivity index (χ4n) is 2.91. The number of nitrogens with zero attached hydrogens (tertiary/aromatic N) is 3. The molecule has 0 atom stereocenters. The third-order valence-corrected chi connectivity index (χ3v) is 4.28. The van der Waals surface area contributed by atoms with Crippen LogP contribution in [-0.4, -0.2) is 41.0 Å². The molecule has 0 fully saturated rings. The van der Waals surface area contributed by atoms with Crippen LogP contribution in [0.5, 0.6) is 11.5 Å². The van der Waals surface area contributed by atoms with Crippen molar-refractivity contribution in [2.45, 2.75) is 6.54 Å². The number of benzene rings is 2. The molecule has 0 spiro atoms. The summed E-state index contributed by atoms with van der Waals surface area (Å²) in [5, 5.41) is 3.11. The van der Waals surface area contributed by atoms with Gasteiger partial charge in [0.2, 0.25) is 5.95 Å². The van der Waals surface area contributed by atoms with Crippen molar-refractivity contribution >= 4 is 17.5 Å². The zero-order chi connectivity index (χ0) is 19.3. The molecule has 4 rings (SSSR count). The standard InChI is InChI=1S/C21H20N4O3/c1-25(14-15-5-3-2-4-6-15)20(26)17-9-10-22-21(24-17)23-16-7-8-18-19(13-16)28-12-11-27-18/h2-10,13H,11-12,14H2,1H3,(H,22,23,24). The molecule has 0 saturated heterocycles. The van der Waals surface area contributed by atoms with Gasteiger partial charge in [-0.1, -0.05) is 30.3 Å². The Kier molecular flexibility index (Phi) is 5.05. The second-order valence-corrected chi connectivity index (χ2v) is 6.40. The van der Waals surface area contributed by atoms with Crippen molar-refractivity contribution in [3.05, 3.63) is 72.1 Å². The topological polar surface area (TPSA) is 76.6 Å². The highest BCUT2D eigenvalue weighted by Gasteiger charge is 2.16. The van der Waals surface area contributed by atoms with Crippen LogP contribution < -0.4 is 14.8 Å². The minimum absolute atomic E-state index is 0.170. The van der Waals surface area contributed by atoms with Gasteiger partial charge in [-0.05, 0) is 23.8 Å². The molecule has 1 aliphatic heterocycles. The summed E-state index contributed by atoms with van der Waals surface area (Å²) in [5.41, 5.74) is 2.14. The summed E-state index contributed by atoms with van der Waals surface area (Å²) >= 11 is 0. The van der Waals surface area contributed by atoms with Crippen molar-refractivity contribution < 1.29 is 14.3 Å². The summed E-state index contributed by atoms with van der Waals surface area (Å²) in [5.74, 6) is 1.56. The molecule has 0 bridgehead atoms. The zero-order valence-electron chi connectivity index (χ0n) is 15.5. The number of nitrogens with one attached hydrogen (secondary N) is 1. The average molecular weight is 376 g/mol. The van der Waals surface area contributed by atoms with Gasteiger partial charge in [0.25, 0.3) is 5.91 Å². The first kappa shape index (κ1) is 17.8. The van der Waals surface area contributed by atoms with Gasteiger partial charge in [-0.15, -0.1) is 0 Å². The van der Waals surface area contributed by atoms with E-state index >= 15 is 0 Å². The van der Waals surface area contributed by atoms with Crippen LogP contribution in [0, 0.1) is 0 Å². The number of aromatic nitrogens is 2. The monoisotopic (exact) mass is 376 g/mol. The fraction of sp³-hybridized carbons (Fsp3) is 0.190. The van der Waals surface area contributed by atoms with Crippen molar-refractivity contribution in [3.8, 4) is 11.5 Å². The average Bonchev–Trinajstić information content (AvgIpc) is 2.74. The molecule has 0 saturated carbocycles. The Morgan fingerprint density at radius 2 is 1.86 bits per heavy atom. The minimum atomic E-state index is -0.170. The Balaban J connectivity index is 1.47. The Morgan fingerprint density at radius 3 is 2.68 bits per heavy atom. The Hall–Kier alpha value is -3.61. The van der Waals surface area contributed by atoms with Crippen LogP contribution in [-0.2, 0) is 6.54 Å². The number of anilines is 2. The first-order valence-corrected chi connectivity index (χ1v) is 8.98.